The third kappa shape index (κ3) is 4.62. The molecule has 0 heterocycles. The van der Waals surface area contributed by atoms with Crippen molar-refractivity contribution in [3.05, 3.63) is 0 Å². The molecule has 76 valence electrons. The van der Waals surface area contributed by atoms with Crippen LogP contribution in [0.4, 0.5) is 0 Å². The number of rotatable bonds is 4. The van der Waals surface area contributed by atoms with E-state index in [0.717, 1.165) is 11.8 Å². The fourth-order valence-corrected chi connectivity index (χ4v) is 1.39. The lowest BCUT2D eigenvalue weighted by Crippen LogP contribution is -2.24. The van der Waals surface area contributed by atoms with Crippen LogP contribution in [-0.2, 0) is 9.53 Å². The maximum absolute atomic E-state index is 11.2. The first-order valence-electron chi connectivity index (χ1n) is 4.02. The molecule has 0 aliphatic rings. The van der Waals surface area contributed by atoms with Crippen LogP contribution in [0.2, 0.25) is 0 Å². The first-order valence-corrected chi connectivity index (χ1v) is 4.90. The van der Waals surface area contributed by atoms with Gasteiger partial charge < -0.3 is 16.3 Å². The molecule has 0 radical (unpaired) electrons. The zero-order valence-corrected chi connectivity index (χ0v) is 8.63. The van der Waals surface area contributed by atoms with Crippen LogP contribution in [0.25, 0.3) is 0 Å². The summed E-state index contributed by atoms with van der Waals surface area (Å²) in [6.07, 6.45) is 0.639. The zero-order chi connectivity index (χ0) is 10.3. The minimum atomic E-state index is -0.313. The fourth-order valence-electron chi connectivity index (χ4n) is 0.710. The lowest BCUT2D eigenvalue weighted by atomic mass is 10.3. The quantitative estimate of drug-likeness (QED) is 0.226. The van der Waals surface area contributed by atoms with Crippen molar-refractivity contribution in [3.63, 3.8) is 0 Å². The van der Waals surface area contributed by atoms with Crippen LogP contribution in [0.3, 0.4) is 0 Å². The summed E-state index contributed by atoms with van der Waals surface area (Å²) < 4.78 is 4.83. The molecule has 0 aromatic rings. The van der Waals surface area contributed by atoms with Crippen molar-refractivity contribution >= 4 is 22.9 Å². The molecule has 1 unspecified atom stereocenters. The predicted molar refractivity (Wildman–Crippen MR) is 54.1 cm³/mol. The van der Waals surface area contributed by atoms with E-state index in [-0.39, 0.29) is 16.4 Å². The Bertz CT molecular complexity index is 196. The second-order valence-electron chi connectivity index (χ2n) is 2.23. The molecule has 0 spiro atoms. The Kier molecular flexibility index (Phi) is 6.13. The van der Waals surface area contributed by atoms with Crippen molar-refractivity contribution < 1.29 is 9.53 Å². The molecule has 0 bridgehead atoms. The molecule has 6 heteroatoms. The molecular formula is C7H15N3O2S. The number of hydrogen-bond donors (Lipinski definition) is 2. The standard InChI is InChI=1S/C7H15N3O2S/c1-3-5(6(11)12-4-2)13-7(8)10-9/h5H,3-4,9H2,1-2H3,(H2,8,10). The van der Waals surface area contributed by atoms with E-state index in [4.69, 9.17) is 16.3 Å². The Morgan fingerprint density at radius 2 is 2.23 bits per heavy atom. The molecule has 0 saturated carbocycles. The lowest BCUT2D eigenvalue weighted by Gasteiger charge is -2.11. The molecule has 4 N–H and O–H groups in total. The summed E-state index contributed by atoms with van der Waals surface area (Å²) in [5.74, 6) is 4.66. The summed E-state index contributed by atoms with van der Waals surface area (Å²) in [5.41, 5.74) is 5.36. The maximum Gasteiger partial charge on any atom is 0.319 e. The number of hydrogen-bond acceptors (Lipinski definition) is 5. The van der Waals surface area contributed by atoms with Gasteiger partial charge in [-0.05, 0) is 13.3 Å². The highest BCUT2D eigenvalue weighted by Gasteiger charge is 2.19. The van der Waals surface area contributed by atoms with Crippen LogP contribution in [-0.4, -0.2) is 23.0 Å². The van der Waals surface area contributed by atoms with E-state index in [1.54, 1.807) is 6.92 Å². The fraction of sp³-hybridized carbons (Fsp3) is 0.714. The van der Waals surface area contributed by atoms with E-state index in [9.17, 15) is 4.79 Å². The predicted octanol–water partition coefficient (Wildman–Crippen LogP) is 0.250. The highest BCUT2D eigenvalue weighted by atomic mass is 32.2. The monoisotopic (exact) mass is 205 g/mol. The van der Waals surface area contributed by atoms with Gasteiger partial charge in [0.05, 0.1) is 6.61 Å². The van der Waals surface area contributed by atoms with Gasteiger partial charge in [-0.25, -0.2) is 0 Å². The summed E-state index contributed by atoms with van der Waals surface area (Å²) in [4.78, 5) is 11.2. The summed E-state index contributed by atoms with van der Waals surface area (Å²) in [7, 11) is 0. The molecule has 0 saturated heterocycles. The molecule has 0 aliphatic heterocycles. The molecule has 13 heavy (non-hydrogen) atoms. The van der Waals surface area contributed by atoms with Gasteiger partial charge >= 0.3 is 5.97 Å². The number of nitrogens with zero attached hydrogens (tertiary/aromatic N) is 1. The zero-order valence-electron chi connectivity index (χ0n) is 7.82. The Balaban J connectivity index is 4.09. The van der Waals surface area contributed by atoms with Gasteiger partial charge in [-0.3, -0.25) is 4.79 Å². The first-order chi connectivity index (χ1) is 6.15. The Labute approximate surface area is 81.9 Å². The van der Waals surface area contributed by atoms with Gasteiger partial charge in [-0.2, -0.15) is 5.10 Å². The average molecular weight is 205 g/mol. The molecule has 0 aliphatic carbocycles. The number of hydrazone groups is 1. The van der Waals surface area contributed by atoms with Gasteiger partial charge in [0.2, 0.25) is 0 Å². The Morgan fingerprint density at radius 1 is 1.62 bits per heavy atom. The molecular weight excluding hydrogens is 190 g/mol. The van der Waals surface area contributed by atoms with E-state index in [0.29, 0.717) is 13.0 Å². The van der Waals surface area contributed by atoms with E-state index in [2.05, 4.69) is 5.10 Å². The van der Waals surface area contributed by atoms with Crippen molar-refractivity contribution in [1.82, 2.24) is 0 Å². The largest absolute Gasteiger partial charge is 0.465 e. The second-order valence-corrected chi connectivity index (χ2v) is 3.46. The normalized spacial score (nSPS) is 13.8. The molecule has 0 rings (SSSR count). The van der Waals surface area contributed by atoms with E-state index in [1.807, 2.05) is 6.92 Å². The Hall–Kier alpha value is -0.910. The van der Waals surface area contributed by atoms with Crippen molar-refractivity contribution in [3.8, 4) is 0 Å². The van der Waals surface area contributed by atoms with Gasteiger partial charge in [0.25, 0.3) is 0 Å². The van der Waals surface area contributed by atoms with Gasteiger partial charge in [-0.15, -0.1) is 0 Å². The van der Waals surface area contributed by atoms with Crippen LogP contribution in [0.5, 0.6) is 0 Å². The lowest BCUT2D eigenvalue weighted by molar-refractivity contribution is -0.142. The molecule has 1 atom stereocenters. The van der Waals surface area contributed by atoms with Gasteiger partial charge in [-0.1, -0.05) is 18.7 Å². The number of thioether (sulfide) groups is 1. The topological polar surface area (TPSA) is 90.7 Å². The molecule has 0 aromatic carbocycles. The summed E-state index contributed by atoms with van der Waals surface area (Å²) in [6.45, 7) is 4.00. The number of carbonyl (C=O) groups is 1. The van der Waals surface area contributed by atoms with Crippen LogP contribution in [0.15, 0.2) is 5.10 Å². The number of amidine groups is 1. The number of nitrogens with two attached hydrogens (primary N) is 2. The molecule has 0 aromatic heterocycles. The third-order valence-electron chi connectivity index (χ3n) is 1.31. The van der Waals surface area contributed by atoms with Gasteiger partial charge in [0.15, 0.2) is 5.17 Å². The van der Waals surface area contributed by atoms with Crippen LogP contribution in [0, 0.1) is 0 Å². The minimum Gasteiger partial charge on any atom is -0.465 e. The molecule has 0 amide bonds. The summed E-state index contributed by atoms with van der Waals surface area (Å²) >= 11 is 1.12. The first kappa shape index (κ1) is 12.1. The SMILES string of the molecule is CCOC(=O)C(CC)SC(N)=NN. The highest BCUT2D eigenvalue weighted by Crippen LogP contribution is 2.15. The van der Waals surface area contributed by atoms with Gasteiger partial charge in [0, 0.05) is 0 Å². The number of esters is 1. The Morgan fingerprint density at radius 3 is 2.62 bits per heavy atom. The van der Waals surface area contributed by atoms with Crippen molar-refractivity contribution in [1.29, 1.82) is 0 Å². The van der Waals surface area contributed by atoms with Gasteiger partial charge in [0.1, 0.15) is 5.25 Å². The van der Waals surface area contributed by atoms with Crippen molar-refractivity contribution in [2.75, 3.05) is 6.61 Å². The van der Waals surface area contributed by atoms with E-state index < -0.39 is 0 Å². The summed E-state index contributed by atoms with van der Waals surface area (Å²) in [5, 5.41) is 3.15. The molecule has 0 fully saturated rings. The number of carbonyl (C=O) groups excluding carboxylic acids is 1. The van der Waals surface area contributed by atoms with Crippen LogP contribution < -0.4 is 11.6 Å². The van der Waals surface area contributed by atoms with E-state index >= 15 is 0 Å². The number of ether oxygens (including phenoxy) is 1. The van der Waals surface area contributed by atoms with E-state index in [1.165, 1.54) is 0 Å². The second kappa shape index (κ2) is 6.59. The van der Waals surface area contributed by atoms with Crippen LogP contribution in [0.1, 0.15) is 20.3 Å². The maximum atomic E-state index is 11.2. The summed E-state index contributed by atoms with van der Waals surface area (Å²) in [6, 6.07) is 0. The molecule has 5 nitrogen and oxygen atoms in total. The minimum absolute atomic E-state index is 0.194. The van der Waals surface area contributed by atoms with Crippen molar-refractivity contribution in [2.45, 2.75) is 25.5 Å². The average Bonchev–Trinajstić information content (AvgIpc) is 2.14. The highest BCUT2D eigenvalue weighted by molar-refractivity contribution is 8.14. The van der Waals surface area contributed by atoms with Crippen molar-refractivity contribution in [2.24, 2.45) is 16.7 Å². The smallest absolute Gasteiger partial charge is 0.319 e. The van der Waals surface area contributed by atoms with Crippen LogP contribution >= 0.6 is 11.8 Å². The third-order valence-corrected chi connectivity index (χ3v) is 2.47.